The molecule has 1 fully saturated rings. The Kier molecular flexibility index (Phi) is 2.39. The highest BCUT2D eigenvalue weighted by Crippen LogP contribution is 2.24. The summed E-state index contributed by atoms with van der Waals surface area (Å²) in [5, 5.41) is 8.93. The molecule has 0 aromatic rings. The maximum Gasteiger partial charge on any atom is 0.325 e. The van der Waals surface area contributed by atoms with Crippen molar-refractivity contribution in [1.82, 2.24) is 4.90 Å². The number of carbonyl (C=O) groups is 1. The van der Waals surface area contributed by atoms with Gasteiger partial charge in [-0.1, -0.05) is 0 Å². The van der Waals surface area contributed by atoms with Crippen LogP contribution in [0.1, 0.15) is 19.8 Å². The van der Waals surface area contributed by atoms with Crippen molar-refractivity contribution in [3.8, 4) is 0 Å². The van der Waals surface area contributed by atoms with Gasteiger partial charge in [-0.25, -0.2) is 0 Å². The predicted molar refractivity (Wildman–Crippen MR) is 45.9 cm³/mol. The summed E-state index contributed by atoms with van der Waals surface area (Å²) >= 11 is 0. The van der Waals surface area contributed by atoms with Crippen LogP contribution in [0.2, 0.25) is 0 Å². The van der Waals surface area contributed by atoms with Crippen molar-refractivity contribution in [2.24, 2.45) is 5.73 Å². The van der Waals surface area contributed by atoms with Crippen molar-refractivity contribution in [2.45, 2.75) is 31.3 Å². The zero-order valence-electron chi connectivity index (χ0n) is 7.58. The van der Waals surface area contributed by atoms with E-state index in [4.69, 9.17) is 10.8 Å². The van der Waals surface area contributed by atoms with Crippen LogP contribution in [-0.4, -0.2) is 41.1 Å². The fourth-order valence-electron chi connectivity index (χ4n) is 1.70. The molecule has 0 aromatic carbocycles. The van der Waals surface area contributed by atoms with E-state index >= 15 is 0 Å². The molecular formula is C8H16N2O2. The number of piperidine rings is 1. The van der Waals surface area contributed by atoms with Gasteiger partial charge in [0.05, 0.1) is 0 Å². The van der Waals surface area contributed by atoms with Crippen LogP contribution in [0.25, 0.3) is 0 Å². The predicted octanol–water partition coefficient (Wildman–Crippen LogP) is -0.117. The number of nitrogens with two attached hydrogens (primary N) is 1. The molecule has 0 aromatic heterocycles. The normalized spacial score (nSPS) is 38.1. The number of aliphatic carboxylic acids is 1. The van der Waals surface area contributed by atoms with Crippen LogP contribution in [0, 0.1) is 0 Å². The molecule has 0 saturated carbocycles. The molecule has 70 valence electrons. The number of hydrogen-bond donors (Lipinski definition) is 2. The largest absolute Gasteiger partial charge is 0.480 e. The van der Waals surface area contributed by atoms with Crippen LogP contribution in [-0.2, 0) is 4.79 Å². The minimum absolute atomic E-state index is 0.0799. The maximum absolute atomic E-state index is 10.9. The van der Waals surface area contributed by atoms with Gasteiger partial charge in [-0.05, 0) is 33.4 Å². The lowest BCUT2D eigenvalue weighted by Crippen LogP contribution is -2.64. The number of likely N-dealkylation sites (N-methyl/N-ethyl adjacent to an activating group) is 1. The fourth-order valence-corrected chi connectivity index (χ4v) is 1.70. The molecule has 0 bridgehead atoms. The van der Waals surface area contributed by atoms with Crippen LogP contribution >= 0.6 is 0 Å². The summed E-state index contributed by atoms with van der Waals surface area (Å²) in [5.74, 6) is -0.887. The van der Waals surface area contributed by atoms with E-state index in [2.05, 4.69) is 0 Å². The first-order valence-electron chi connectivity index (χ1n) is 4.21. The molecule has 4 nitrogen and oxygen atoms in total. The van der Waals surface area contributed by atoms with Gasteiger partial charge in [-0.15, -0.1) is 0 Å². The second kappa shape index (κ2) is 3.03. The molecule has 1 aliphatic heterocycles. The number of rotatable bonds is 1. The molecule has 1 aliphatic rings. The lowest BCUT2D eigenvalue weighted by molar-refractivity contribution is -0.147. The molecule has 1 saturated heterocycles. The average Bonchev–Trinajstić information content (AvgIpc) is 2.00. The van der Waals surface area contributed by atoms with E-state index in [1.54, 1.807) is 0 Å². The lowest BCUT2D eigenvalue weighted by atomic mass is 9.83. The summed E-state index contributed by atoms with van der Waals surface area (Å²) in [6.07, 6.45) is 1.44. The average molecular weight is 172 g/mol. The third kappa shape index (κ3) is 1.32. The van der Waals surface area contributed by atoms with E-state index < -0.39 is 11.5 Å². The fraction of sp³-hybridized carbons (Fsp3) is 0.875. The molecule has 1 heterocycles. The van der Waals surface area contributed by atoms with E-state index in [1.807, 2.05) is 18.9 Å². The zero-order chi connectivity index (χ0) is 9.35. The van der Waals surface area contributed by atoms with Gasteiger partial charge >= 0.3 is 5.97 Å². The monoisotopic (exact) mass is 172 g/mol. The van der Waals surface area contributed by atoms with Gasteiger partial charge in [0.25, 0.3) is 0 Å². The van der Waals surface area contributed by atoms with E-state index in [0.717, 1.165) is 13.0 Å². The van der Waals surface area contributed by atoms with Crippen LogP contribution in [0.15, 0.2) is 0 Å². The summed E-state index contributed by atoms with van der Waals surface area (Å²) in [5.41, 5.74) is 4.75. The molecule has 12 heavy (non-hydrogen) atoms. The number of likely N-dealkylation sites (tertiary alicyclic amines) is 1. The number of carboxylic acid groups (broad SMARTS) is 1. The Balaban J connectivity index is 2.81. The minimum atomic E-state index is -1.05. The van der Waals surface area contributed by atoms with Gasteiger partial charge in [-0.2, -0.15) is 0 Å². The van der Waals surface area contributed by atoms with Gasteiger partial charge in [0, 0.05) is 6.04 Å². The third-order valence-electron chi connectivity index (χ3n) is 2.91. The summed E-state index contributed by atoms with van der Waals surface area (Å²) in [6.45, 7) is 2.81. The summed E-state index contributed by atoms with van der Waals surface area (Å²) in [4.78, 5) is 12.9. The zero-order valence-corrected chi connectivity index (χ0v) is 7.58. The second-order valence-electron chi connectivity index (χ2n) is 3.61. The van der Waals surface area contributed by atoms with Crippen molar-refractivity contribution >= 4 is 5.97 Å². The molecule has 1 rings (SSSR count). The number of carboxylic acids is 1. The second-order valence-corrected chi connectivity index (χ2v) is 3.61. The van der Waals surface area contributed by atoms with E-state index in [9.17, 15) is 4.79 Å². The van der Waals surface area contributed by atoms with Gasteiger partial charge in [0.15, 0.2) is 0 Å². The van der Waals surface area contributed by atoms with E-state index in [0.29, 0.717) is 6.42 Å². The molecule has 0 spiro atoms. The Morgan fingerprint density at radius 3 is 2.75 bits per heavy atom. The Hall–Kier alpha value is -0.610. The topological polar surface area (TPSA) is 66.6 Å². The molecule has 2 atom stereocenters. The number of nitrogens with zero attached hydrogens (tertiary/aromatic N) is 1. The Morgan fingerprint density at radius 1 is 1.75 bits per heavy atom. The molecule has 0 radical (unpaired) electrons. The quantitative estimate of drug-likeness (QED) is 0.579. The van der Waals surface area contributed by atoms with Crippen molar-refractivity contribution in [3.63, 3.8) is 0 Å². The van der Waals surface area contributed by atoms with Crippen LogP contribution < -0.4 is 5.73 Å². The molecule has 0 amide bonds. The molecule has 0 aliphatic carbocycles. The van der Waals surface area contributed by atoms with Crippen molar-refractivity contribution in [1.29, 1.82) is 0 Å². The SMILES string of the molecule is CC1N(C)CCCC1(N)C(=O)O. The first kappa shape index (κ1) is 9.48. The van der Waals surface area contributed by atoms with E-state index in [-0.39, 0.29) is 6.04 Å². The summed E-state index contributed by atoms with van der Waals surface area (Å²) in [7, 11) is 1.91. The van der Waals surface area contributed by atoms with Gasteiger partial charge in [-0.3, -0.25) is 4.79 Å². The first-order chi connectivity index (χ1) is 5.48. The first-order valence-corrected chi connectivity index (χ1v) is 4.21. The Morgan fingerprint density at radius 2 is 2.33 bits per heavy atom. The van der Waals surface area contributed by atoms with Gasteiger partial charge < -0.3 is 15.7 Å². The van der Waals surface area contributed by atoms with Crippen molar-refractivity contribution < 1.29 is 9.90 Å². The van der Waals surface area contributed by atoms with E-state index in [1.165, 1.54) is 0 Å². The van der Waals surface area contributed by atoms with Crippen LogP contribution in [0.3, 0.4) is 0 Å². The van der Waals surface area contributed by atoms with Crippen LogP contribution in [0.4, 0.5) is 0 Å². The molecule has 3 N–H and O–H groups in total. The Bertz CT molecular complexity index is 195. The highest BCUT2D eigenvalue weighted by molar-refractivity contribution is 5.79. The smallest absolute Gasteiger partial charge is 0.325 e. The summed E-state index contributed by atoms with van der Waals surface area (Å²) in [6, 6.07) is -0.0799. The standard InChI is InChI=1S/C8H16N2O2/c1-6-8(9,7(11)12)4-3-5-10(6)2/h6H,3-5,9H2,1-2H3,(H,11,12). The van der Waals surface area contributed by atoms with Gasteiger partial charge in [0.2, 0.25) is 0 Å². The van der Waals surface area contributed by atoms with Crippen molar-refractivity contribution in [3.05, 3.63) is 0 Å². The van der Waals surface area contributed by atoms with Gasteiger partial charge in [0.1, 0.15) is 5.54 Å². The maximum atomic E-state index is 10.9. The molecular weight excluding hydrogens is 156 g/mol. The Labute approximate surface area is 72.3 Å². The molecule has 4 heteroatoms. The lowest BCUT2D eigenvalue weighted by Gasteiger charge is -2.41. The molecule has 2 unspecified atom stereocenters. The number of hydrogen-bond acceptors (Lipinski definition) is 3. The third-order valence-corrected chi connectivity index (χ3v) is 2.91. The minimum Gasteiger partial charge on any atom is -0.480 e. The highest BCUT2D eigenvalue weighted by Gasteiger charge is 2.43. The highest BCUT2D eigenvalue weighted by atomic mass is 16.4. The van der Waals surface area contributed by atoms with Crippen molar-refractivity contribution in [2.75, 3.05) is 13.6 Å². The van der Waals surface area contributed by atoms with Crippen LogP contribution in [0.5, 0.6) is 0 Å². The summed E-state index contributed by atoms with van der Waals surface area (Å²) < 4.78 is 0.